The van der Waals surface area contributed by atoms with Gasteiger partial charge in [0, 0.05) is 34.8 Å². The molecule has 0 N–H and O–H groups in total. The third-order valence-corrected chi connectivity index (χ3v) is 5.99. The van der Waals surface area contributed by atoms with Crippen LogP contribution in [0.2, 0.25) is 0 Å². The molecule has 0 radical (unpaired) electrons. The molecule has 2 heterocycles. The van der Waals surface area contributed by atoms with Crippen molar-refractivity contribution < 1.29 is 23.8 Å². The normalized spacial score (nSPS) is 13.7. The molecule has 6 heteroatoms. The van der Waals surface area contributed by atoms with Crippen LogP contribution in [0.15, 0.2) is 72.6 Å². The number of fused-ring (bicyclic) bond motifs is 2. The van der Waals surface area contributed by atoms with E-state index in [9.17, 15) is 9.59 Å². The lowest BCUT2D eigenvalue weighted by Crippen LogP contribution is -2.09. The quantitative estimate of drug-likeness (QED) is 0.217. The molecule has 4 aromatic rings. The van der Waals surface area contributed by atoms with Crippen LogP contribution in [0.25, 0.3) is 17.0 Å². The van der Waals surface area contributed by atoms with Crippen LogP contribution < -0.4 is 14.2 Å². The fourth-order valence-electron chi connectivity index (χ4n) is 4.18. The van der Waals surface area contributed by atoms with Gasteiger partial charge in [-0.1, -0.05) is 24.3 Å². The van der Waals surface area contributed by atoms with E-state index in [0.717, 1.165) is 23.0 Å². The minimum atomic E-state index is -0.519. The zero-order chi connectivity index (χ0) is 23.8. The van der Waals surface area contributed by atoms with Crippen LogP contribution in [-0.2, 0) is 6.54 Å². The van der Waals surface area contributed by atoms with E-state index in [1.54, 1.807) is 49.4 Å². The number of Topliss-reactive ketones (excluding diaryl/α,β-unsaturated/α-hetero) is 1. The van der Waals surface area contributed by atoms with E-state index >= 15 is 0 Å². The van der Waals surface area contributed by atoms with Crippen molar-refractivity contribution in [3.05, 3.63) is 94.9 Å². The number of aromatic nitrogens is 1. The number of hydrogen-bond donors (Lipinski definition) is 0. The van der Waals surface area contributed by atoms with Crippen molar-refractivity contribution >= 4 is 28.7 Å². The molecular formula is C28H23NO5. The molecule has 0 unspecified atom stereocenters. The molecule has 0 saturated carbocycles. The smallest absolute Gasteiger partial charge is 0.343 e. The number of ether oxygens (including phenoxy) is 3. The minimum Gasteiger partial charge on any atom is -0.497 e. The van der Waals surface area contributed by atoms with Gasteiger partial charge in [0.05, 0.1) is 18.2 Å². The molecule has 0 amide bonds. The summed E-state index contributed by atoms with van der Waals surface area (Å²) in [7, 11) is 1.54. The first-order chi connectivity index (χ1) is 16.5. The lowest BCUT2D eigenvalue weighted by atomic mass is 10.1. The molecule has 6 nitrogen and oxygen atoms in total. The Morgan fingerprint density at radius 2 is 1.91 bits per heavy atom. The van der Waals surface area contributed by atoms with Gasteiger partial charge in [-0.3, -0.25) is 4.79 Å². The molecule has 0 fully saturated rings. The predicted molar refractivity (Wildman–Crippen MR) is 130 cm³/mol. The van der Waals surface area contributed by atoms with Crippen molar-refractivity contribution in [1.29, 1.82) is 0 Å². The van der Waals surface area contributed by atoms with Gasteiger partial charge in [0.1, 0.15) is 17.2 Å². The molecule has 0 bridgehead atoms. The Morgan fingerprint density at radius 1 is 1.09 bits per heavy atom. The van der Waals surface area contributed by atoms with Gasteiger partial charge >= 0.3 is 5.97 Å². The van der Waals surface area contributed by atoms with Crippen LogP contribution in [0.4, 0.5) is 0 Å². The van der Waals surface area contributed by atoms with Crippen LogP contribution in [0.1, 0.15) is 38.8 Å². The molecule has 34 heavy (non-hydrogen) atoms. The van der Waals surface area contributed by atoms with Crippen LogP contribution in [0.5, 0.6) is 17.2 Å². The standard InChI is InChI=1S/C28H23NO5/c1-4-29-16-19(21-10-5-6-11-23(21)29)15-25-26(30)22-12-13-24(17(2)27(22)33-25)34-28(31)18-8-7-9-20(14-18)32-3/h5-16H,4H2,1-3H3. The molecule has 5 rings (SSSR count). The number of carbonyl (C=O) groups is 2. The molecule has 1 aliphatic rings. The van der Waals surface area contributed by atoms with Crippen molar-refractivity contribution in [3.63, 3.8) is 0 Å². The molecule has 3 aromatic carbocycles. The number of allylic oxidation sites excluding steroid dienone is 1. The highest BCUT2D eigenvalue weighted by molar-refractivity contribution is 6.15. The number of hydrogen-bond acceptors (Lipinski definition) is 5. The topological polar surface area (TPSA) is 66.8 Å². The average Bonchev–Trinajstić information content (AvgIpc) is 3.39. The van der Waals surface area contributed by atoms with Gasteiger partial charge in [0.15, 0.2) is 5.76 Å². The molecule has 170 valence electrons. The maximum Gasteiger partial charge on any atom is 0.343 e. The fraction of sp³-hybridized carbons (Fsp3) is 0.143. The monoisotopic (exact) mass is 453 g/mol. The summed E-state index contributed by atoms with van der Waals surface area (Å²) in [5.41, 5.74) is 3.41. The second-order valence-corrected chi connectivity index (χ2v) is 8.01. The number of rotatable bonds is 5. The molecule has 0 aliphatic carbocycles. The van der Waals surface area contributed by atoms with Gasteiger partial charge in [-0.15, -0.1) is 0 Å². The SMILES string of the molecule is CCn1cc(C=C2Oc3c(ccc(OC(=O)c4cccc(OC)c4)c3C)C2=O)c2ccccc21. The van der Waals surface area contributed by atoms with Crippen molar-refractivity contribution in [2.75, 3.05) is 7.11 Å². The van der Waals surface area contributed by atoms with Gasteiger partial charge in [0.25, 0.3) is 0 Å². The maximum absolute atomic E-state index is 13.1. The predicted octanol–water partition coefficient (Wildman–Crippen LogP) is 5.81. The molecule has 0 saturated heterocycles. The lowest BCUT2D eigenvalue weighted by molar-refractivity contribution is 0.0732. The minimum absolute atomic E-state index is 0.197. The van der Waals surface area contributed by atoms with E-state index in [4.69, 9.17) is 14.2 Å². The Balaban J connectivity index is 1.45. The number of carbonyl (C=O) groups excluding carboxylic acids is 2. The highest BCUT2D eigenvalue weighted by atomic mass is 16.5. The van der Waals surface area contributed by atoms with Crippen LogP contribution >= 0.6 is 0 Å². The van der Waals surface area contributed by atoms with E-state index in [-0.39, 0.29) is 11.5 Å². The Labute approximate surface area is 197 Å². The molecule has 1 aromatic heterocycles. The summed E-state index contributed by atoms with van der Waals surface area (Å²) in [6.45, 7) is 4.67. The third-order valence-electron chi connectivity index (χ3n) is 5.99. The van der Waals surface area contributed by atoms with Gasteiger partial charge in [-0.2, -0.15) is 0 Å². The van der Waals surface area contributed by atoms with Gasteiger partial charge in [0.2, 0.25) is 5.78 Å². The Kier molecular flexibility index (Phi) is 5.42. The summed E-state index contributed by atoms with van der Waals surface area (Å²) in [5, 5.41) is 1.05. The summed E-state index contributed by atoms with van der Waals surface area (Å²) in [4.78, 5) is 25.7. The number of para-hydroxylation sites is 1. The molecule has 0 spiro atoms. The first kappa shape index (κ1) is 21.5. The largest absolute Gasteiger partial charge is 0.497 e. The highest BCUT2D eigenvalue weighted by Crippen LogP contribution is 2.40. The summed E-state index contributed by atoms with van der Waals surface area (Å²) in [6.07, 6.45) is 3.80. The van der Waals surface area contributed by atoms with Crippen molar-refractivity contribution in [3.8, 4) is 17.2 Å². The second-order valence-electron chi connectivity index (χ2n) is 8.01. The highest BCUT2D eigenvalue weighted by Gasteiger charge is 2.31. The Hall–Kier alpha value is -4.32. The molecule has 1 aliphatic heterocycles. The van der Waals surface area contributed by atoms with E-state index in [1.165, 1.54) is 7.11 Å². The van der Waals surface area contributed by atoms with Crippen molar-refractivity contribution in [1.82, 2.24) is 4.57 Å². The molecular weight excluding hydrogens is 430 g/mol. The number of benzene rings is 3. The average molecular weight is 453 g/mol. The number of ketones is 1. The van der Waals surface area contributed by atoms with Gasteiger partial charge in [-0.05, 0) is 56.3 Å². The zero-order valence-electron chi connectivity index (χ0n) is 19.1. The van der Waals surface area contributed by atoms with E-state index in [1.807, 2.05) is 24.4 Å². The number of esters is 1. The summed E-state index contributed by atoms with van der Waals surface area (Å²) in [6, 6.07) is 18.1. The fourth-order valence-corrected chi connectivity index (χ4v) is 4.18. The second kappa shape index (κ2) is 8.56. The number of nitrogens with zero attached hydrogens (tertiary/aromatic N) is 1. The third kappa shape index (κ3) is 3.63. The first-order valence-electron chi connectivity index (χ1n) is 11.0. The lowest BCUT2D eigenvalue weighted by Gasteiger charge is -2.10. The van der Waals surface area contributed by atoms with Crippen LogP contribution in [-0.4, -0.2) is 23.4 Å². The molecule has 0 atom stereocenters. The van der Waals surface area contributed by atoms with E-state index in [2.05, 4.69) is 17.6 Å². The summed E-state index contributed by atoms with van der Waals surface area (Å²) >= 11 is 0. The van der Waals surface area contributed by atoms with Gasteiger partial charge in [-0.25, -0.2) is 4.79 Å². The van der Waals surface area contributed by atoms with Crippen LogP contribution in [0.3, 0.4) is 0 Å². The summed E-state index contributed by atoms with van der Waals surface area (Å²) < 4.78 is 18.9. The van der Waals surface area contributed by atoms with Crippen molar-refractivity contribution in [2.24, 2.45) is 0 Å². The summed E-state index contributed by atoms with van der Waals surface area (Å²) in [5.74, 6) is 0.836. The number of aryl methyl sites for hydroxylation is 1. The van der Waals surface area contributed by atoms with Crippen molar-refractivity contribution in [2.45, 2.75) is 20.4 Å². The van der Waals surface area contributed by atoms with E-state index in [0.29, 0.717) is 33.9 Å². The van der Waals surface area contributed by atoms with Gasteiger partial charge < -0.3 is 18.8 Å². The van der Waals surface area contributed by atoms with Crippen LogP contribution in [0, 0.1) is 6.92 Å². The Morgan fingerprint density at radius 3 is 2.71 bits per heavy atom. The zero-order valence-corrected chi connectivity index (χ0v) is 19.1. The Bertz CT molecular complexity index is 1480. The first-order valence-corrected chi connectivity index (χ1v) is 11.0. The maximum atomic E-state index is 13.1. The van der Waals surface area contributed by atoms with E-state index < -0.39 is 5.97 Å². The number of methoxy groups -OCH3 is 1.